The lowest BCUT2D eigenvalue weighted by Gasteiger charge is -2.07. The van der Waals surface area contributed by atoms with Crippen molar-refractivity contribution in [3.8, 4) is 5.88 Å². The minimum Gasteiger partial charge on any atom is -0.478 e. The van der Waals surface area contributed by atoms with E-state index in [1.165, 1.54) is 17.1 Å². The first-order valence-electron chi connectivity index (χ1n) is 5.83. The van der Waals surface area contributed by atoms with Crippen LogP contribution >= 0.6 is 0 Å². The molecule has 20 heavy (non-hydrogen) atoms. The minimum absolute atomic E-state index is 0.0566. The number of hydrogen-bond donors (Lipinski definition) is 2. The standard InChI is InChI=1S/C11H15N5O3S/c1-3-19-10-5-4-8(6-13-10)15-20(17,18)9-7-16(2)14-11(9)12/h4-7,15H,3H2,1-2H3,(H2,12,14). The van der Waals surface area contributed by atoms with Crippen molar-refractivity contribution in [2.45, 2.75) is 11.8 Å². The fourth-order valence-electron chi connectivity index (χ4n) is 1.58. The Hall–Kier alpha value is -2.29. The van der Waals surface area contributed by atoms with E-state index in [0.29, 0.717) is 18.2 Å². The molecule has 0 unspecified atom stereocenters. The summed E-state index contributed by atoms with van der Waals surface area (Å²) < 4.78 is 33.2. The summed E-state index contributed by atoms with van der Waals surface area (Å²) in [5.74, 6) is 0.371. The summed E-state index contributed by atoms with van der Waals surface area (Å²) >= 11 is 0. The molecule has 8 nitrogen and oxygen atoms in total. The maximum absolute atomic E-state index is 12.1. The number of hydrogen-bond acceptors (Lipinski definition) is 6. The second-order valence-electron chi connectivity index (χ2n) is 3.98. The fourth-order valence-corrected chi connectivity index (χ4v) is 2.72. The van der Waals surface area contributed by atoms with Gasteiger partial charge in [-0.25, -0.2) is 13.4 Å². The molecule has 0 aliphatic rings. The zero-order valence-electron chi connectivity index (χ0n) is 11.1. The van der Waals surface area contributed by atoms with E-state index in [1.807, 2.05) is 6.92 Å². The van der Waals surface area contributed by atoms with Gasteiger partial charge in [0.15, 0.2) is 5.82 Å². The van der Waals surface area contributed by atoms with Gasteiger partial charge in [-0.3, -0.25) is 9.40 Å². The molecule has 9 heteroatoms. The van der Waals surface area contributed by atoms with Gasteiger partial charge >= 0.3 is 0 Å². The average Bonchev–Trinajstić information content (AvgIpc) is 2.72. The molecule has 3 N–H and O–H groups in total. The zero-order valence-corrected chi connectivity index (χ0v) is 11.9. The average molecular weight is 297 g/mol. The van der Waals surface area contributed by atoms with Crippen molar-refractivity contribution in [3.63, 3.8) is 0 Å². The lowest BCUT2D eigenvalue weighted by molar-refractivity contribution is 0.327. The van der Waals surface area contributed by atoms with Gasteiger partial charge in [-0.1, -0.05) is 0 Å². The van der Waals surface area contributed by atoms with Gasteiger partial charge in [0.2, 0.25) is 5.88 Å². The molecule has 0 atom stereocenters. The van der Waals surface area contributed by atoms with Gasteiger partial charge in [0.1, 0.15) is 4.90 Å². The summed E-state index contributed by atoms with van der Waals surface area (Å²) in [6, 6.07) is 3.13. The van der Waals surface area contributed by atoms with Crippen LogP contribution in [-0.2, 0) is 17.1 Å². The van der Waals surface area contributed by atoms with Crippen LogP contribution in [0.5, 0.6) is 5.88 Å². The quantitative estimate of drug-likeness (QED) is 0.835. The molecule has 0 aliphatic heterocycles. The van der Waals surface area contributed by atoms with E-state index < -0.39 is 10.0 Å². The van der Waals surface area contributed by atoms with Crippen molar-refractivity contribution < 1.29 is 13.2 Å². The molecule has 0 spiro atoms. The number of anilines is 2. The summed E-state index contributed by atoms with van der Waals surface area (Å²) in [4.78, 5) is 3.90. The number of aromatic nitrogens is 3. The number of nitrogens with zero attached hydrogens (tertiary/aromatic N) is 3. The second-order valence-corrected chi connectivity index (χ2v) is 5.63. The van der Waals surface area contributed by atoms with E-state index in [2.05, 4.69) is 14.8 Å². The summed E-state index contributed by atoms with van der Waals surface area (Å²) in [5.41, 5.74) is 5.87. The molecule has 108 valence electrons. The van der Waals surface area contributed by atoms with E-state index in [-0.39, 0.29) is 10.7 Å². The number of aryl methyl sites for hydroxylation is 1. The summed E-state index contributed by atoms with van der Waals surface area (Å²) in [7, 11) is -2.20. The molecule has 2 aromatic heterocycles. The zero-order chi connectivity index (χ0) is 14.8. The van der Waals surface area contributed by atoms with Gasteiger partial charge < -0.3 is 10.5 Å². The van der Waals surface area contributed by atoms with Crippen LogP contribution in [0.3, 0.4) is 0 Å². The molecule has 2 aromatic rings. The minimum atomic E-state index is -3.79. The smallest absolute Gasteiger partial charge is 0.267 e. The van der Waals surface area contributed by atoms with Crippen LogP contribution in [0.4, 0.5) is 11.5 Å². The summed E-state index contributed by atoms with van der Waals surface area (Å²) in [5, 5.41) is 3.80. The molecule has 0 amide bonds. The van der Waals surface area contributed by atoms with Gasteiger partial charge in [0.25, 0.3) is 10.0 Å². The number of pyridine rings is 1. The predicted octanol–water partition coefficient (Wildman–Crippen LogP) is 0.597. The SMILES string of the molecule is CCOc1ccc(NS(=O)(=O)c2cn(C)nc2N)cn1. The van der Waals surface area contributed by atoms with E-state index in [0.717, 1.165) is 0 Å². The summed E-state index contributed by atoms with van der Waals surface area (Å²) in [6.07, 6.45) is 2.70. The lowest BCUT2D eigenvalue weighted by atomic mass is 10.4. The van der Waals surface area contributed by atoms with E-state index >= 15 is 0 Å². The summed E-state index contributed by atoms with van der Waals surface area (Å²) in [6.45, 7) is 2.33. The molecule has 0 fully saturated rings. The van der Waals surface area contributed by atoms with Gasteiger partial charge in [-0.05, 0) is 13.0 Å². The first-order chi connectivity index (χ1) is 9.42. The molecule has 0 aromatic carbocycles. The van der Waals surface area contributed by atoms with Gasteiger partial charge in [-0.15, -0.1) is 0 Å². The Morgan fingerprint density at radius 1 is 1.45 bits per heavy atom. The van der Waals surface area contributed by atoms with Crippen molar-refractivity contribution in [2.75, 3.05) is 17.1 Å². The molecular weight excluding hydrogens is 282 g/mol. The van der Waals surface area contributed by atoms with Crippen molar-refractivity contribution >= 4 is 21.5 Å². The number of nitrogens with two attached hydrogens (primary N) is 1. The first kappa shape index (κ1) is 14.1. The van der Waals surface area contributed by atoms with Gasteiger partial charge in [0.05, 0.1) is 18.5 Å². The third-order valence-corrected chi connectivity index (χ3v) is 3.79. The number of nitrogens with one attached hydrogen (secondary N) is 1. The highest BCUT2D eigenvalue weighted by Crippen LogP contribution is 2.20. The largest absolute Gasteiger partial charge is 0.478 e. The van der Waals surface area contributed by atoms with Crippen molar-refractivity contribution in [1.29, 1.82) is 0 Å². The third kappa shape index (κ3) is 2.99. The Bertz CT molecular complexity index is 693. The van der Waals surface area contributed by atoms with Crippen molar-refractivity contribution in [1.82, 2.24) is 14.8 Å². The van der Waals surface area contributed by atoms with Gasteiger partial charge in [-0.2, -0.15) is 5.10 Å². The maximum atomic E-state index is 12.1. The third-order valence-electron chi connectivity index (χ3n) is 2.39. The monoisotopic (exact) mass is 297 g/mol. The molecule has 0 saturated carbocycles. The van der Waals surface area contributed by atoms with Crippen LogP contribution in [0.25, 0.3) is 0 Å². The van der Waals surface area contributed by atoms with Crippen LogP contribution in [-0.4, -0.2) is 29.8 Å². The molecule has 0 bridgehead atoms. The lowest BCUT2D eigenvalue weighted by Crippen LogP contribution is -2.14. The molecule has 2 rings (SSSR count). The van der Waals surface area contributed by atoms with Crippen LogP contribution in [0, 0.1) is 0 Å². The van der Waals surface area contributed by atoms with Crippen molar-refractivity contribution in [3.05, 3.63) is 24.5 Å². The van der Waals surface area contributed by atoms with Crippen LogP contribution in [0.2, 0.25) is 0 Å². The number of rotatable bonds is 5. The van der Waals surface area contributed by atoms with Crippen LogP contribution < -0.4 is 15.2 Å². The molecule has 0 aliphatic carbocycles. The molecular formula is C11H15N5O3S. The van der Waals surface area contributed by atoms with Crippen LogP contribution in [0.1, 0.15) is 6.92 Å². The van der Waals surface area contributed by atoms with E-state index in [9.17, 15) is 8.42 Å². The first-order valence-corrected chi connectivity index (χ1v) is 7.31. The number of nitrogen functional groups attached to an aromatic ring is 1. The number of ether oxygens (including phenoxy) is 1. The Morgan fingerprint density at radius 2 is 2.20 bits per heavy atom. The second kappa shape index (κ2) is 5.37. The fraction of sp³-hybridized carbons (Fsp3) is 0.273. The Balaban J connectivity index is 2.22. The van der Waals surface area contributed by atoms with Crippen molar-refractivity contribution in [2.24, 2.45) is 7.05 Å². The topological polar surface area (TPSA) is 112 Å². The van der Waals surface area contributed by atoms with E-state index in [4.69, 9.17) is 10.5 Å². The molecule has 0 radical (unpaired) electrons. The highest BCUT2D eigenvalue weighted by Gasteiger charge is 2.20. The van der Waals surface area contributed by atoms with Gasteiger partial charge in [0, 0.05) is 19.3 Å². The highest BCUT2D eigenvalue weighted by molar-refractivity contribution is 7.92. The number of sulfonamides is 1. The molecule has 0 saturated heterocycles. The normalized spacial score (nSPS) is 11.3. The predicted molar refractivity (Wildman–Crippen MR) is 73.8 cm³/mol. The Morgan fingerprint density at radius 3 is 2.70 bits per heavy atom. The van der Waals surface area contributed by atoms with Crippen LogP contribution in [0.15, 0.2) is 29.4 Å². The molecule has 2 heterocycles. The maximum Gasteiger partial charge on any atom is 0.267 e. The highest BCUT2D eigenvalue weighted by atomic mass is 32.2. The Kier molecular flexibility index (Phi) is 3.79. The van der Waals surface area contributed by atoms with E-state index in [1.54, 1.807) is 19.2 Å². The Labute approximate surface area is 116 Å².